The number of halogens is 26. The Morgan fingerprint density at radius 2 is 0.239 bits per heavy atom. The molecule has 0 unspecified atom stereocenters. The molecule has 0 aliphatic carbocycles. The van der Waals surface area contributed by atoms with E-state index in [0.717, 1.165) is 23.7 Å². The summed E-state index contributed by atoms with van der Waals surface area (Å²) in [4.78, 5) is 0. The SMILES string of the molecule is FC1(F)OC(F)(F)C(F)(F)OC(F)(F)C(F)(F)OC(F)(F)C(F)(F)OC(F)(F)C(F)(F)OC(F)(F)C(F)(F)OC(F)(F)C(F)(F)O1. The highest BCUT2D eigenvalue weighted by Gasteiger charge is 2.81. The van der Waals surface area contributed by atoms with Gasteiger partial charge in [-0.2, -0.15) is 105 Å². The zero-order valence-electron chi connectivity index (χ0n) is 19.2. The first-order valence-electron chi connectivity index (χ1n) is 9.27. The largest absolute Gasteiger partial charge is 0.495 e. The molecule has 1 aliphatic rings. The van der Waals surface area contributed by atoms with Gasteiger partial charge in [0.2, 0.25) is 0 Å². The fourth-order valence-corrected chi connectivity index (χ4v) is 1.84. The molecule has 1 aliphatic heterocycles. The van der Waals surface area contributed by atoms with Crippen molar-refractivity contribution in [1.82, 2.24) is 0 Å². The lowest BCUT2D eigenvalue weighted by molar-refractivity contribution is -0.617. The Bertz CT molecular complexity index is 1020. The lowest BCUT2D eigenvalue weighted by Crippen LogP contribution is -2.63. The van der Waals surface area contributed by atoms with Crippen LogP contribution in [0.15, 0.2) is 0 Å². The molecule has 0 saturated carbocycles. The minimum Gasteiger partial charge on any atom is -0.241 e. The quantitative estimate of drug-likeness (QED) is 0.234. The van der Waals surface area contributed by atoms with E-state index in [-0.39, 0.29) is 0 Å². The van der Waals surface area contributed by atoms with Crippen molar-refractivity contribution in [1.29, 1.82) is 0 Å². The Hall–Kier alpha value is -2.10. The maximum atomic E-state index is 13.3. The van der Waals surface area contributed by atoms with E-state index >= 15 is 0 Å². The van der Waals surface area contributed by atoms with Crippen LogP contribution in [0.2, 0.25) is 0 Å². The van der Waals surface area contributed by atoms with E-state index in [1.165, 1.54) is 9.47 Å². The molecule has 0 N–H and O–H groups in total. The Kier molecular flexibility index (Phi) is 9.99. The van der Waals surface area contributed by atoms with Gasteiger partial charge in [-0.15, -0.1) is 8.78 Å². The predicted molar refractivity (Wildman–Crippen MR) is 71.9 cm³/mol. The molecule has 1 saturated heterocycles. The Balaban J connectivity index is 3.96. The van der Waals surface area contributed by atoms with Crippen LogP contribution in [0.3, 0.4) is 0 Å². The van der Waals surface area contributed by atoms with Crippen LogP contribution in [0, 0.1) is 0 Å². The van der Waals surface area contributed by atoms with Crippen molar-refractivity contribution in [3.05, 3.63) is 0 Å². The van der Waals surface area contributed by atoms with E-state index in [4.69, 9.17) is 0 Å². The summed E-state index contributed by atoms with van der Waals surface area (Å²) in [7, 11) is 0. The molecular formula is C13F26O7. The topological polar surface area (TPSA) is 64.6 Å². The first-order valence-corrected chi connectivity index (χ1v) is 9.27. The fraction of sp³-hybridized carbons (Fsp3) is 1.00. The second-order valence-electron chi connectivity index (χ2n) is 7.38. The minimum absolute atomic E-state index is 1.12. The summed E-state index contributed by atoms with van der Waals surface area (Å²) in [6, 6.07) is 0. The van der Waals surface area contributed by atoms with Crippen LogP contribution < -0.4 is 0 Å². The van der Waals surface area contributed by atoms with Crippen molar-refractivity contribution in [3.8, 4) is 0 Å². The highest BCUT2D eigenvalue weighted by molar-refractivity contribution is 4.83. The van der Waals surface area contributed by atoms with E-state index in [1.807, 2.05) is 0 Å². The molecule has 33 heteroatoms. The van der Waals surface area contributed by atoms with Gasteiger partial charge in [-0.25, -0.2) is 33.2 Å². The number of rotatable bonds is 0. The first-order chi connectivity index (χ1) is 19.4. The van der Waals surface area contributed by atoms with E-state index in [1.54, 1.807) is 0 Å². The molecule has 0 amide bonds. The van der Waals surface area contributed by atoms with Gasteiger partial charge in [-0.3, -0.25) is 0 Å². The minimum atomic E-state index is -8.19. The third-order valence-electron chi connectivity index (χ3n) is 3.81. The molecule has 0 radical (unpaired) electrons. The van der Waals surface area contributed by atoms with Gasteiger partial charge >= 0.3 is 79.6 Å². The third kappa shape index (κ3) is 7.95. The van der Waals surface area contributed by atoms with Crippen molar-refractivity contribution in [2.75, 3.05) is 0 Å². The van der Waals surface area contributed by atoms with Gasteiger partial charge in [0.1, 0.15) is 0 Å². The van der Waals surface area contributed by atoms with Crippen LogP contribution in [0.1, 0.15) is 0 Å². The number of hydrogen-bond acceptors (Lipinski definition) is 7. The van der Waals surface area contributed by atoms with Crippen molar-refractivity contribution < 1.29 is 147 Å². The highest BCUT2D eigenvalue weighted by atomic mass is 19.4. The summed E-state index contributed by atoms with van der Waals surface area (Å²) >= 11 is 0. The van der Waals surface area contributed by atoms with Crippen LogP contribution in [0.25, 0.3) is 0 Å². The molecule has 0 spiro atoms. The Labute approximate surface area is 228 Å². The number of hydrogen-bond donors (Lipinski definition) is 0. The van der Waals surface area contributed by atoms with Crippen molar-refractivity contribution >= 4 is 0 Å². The van der Waals surface area contributed by atoms with E-state index in [0.29, 0.717) is 0 Å². The summed E-state index contributed by atoms with van der Waals surface area (Å²) in [5, 5.41) is 0. The molecule has 0 aromatic carbocycles. The van der Waals surface area contributed by atoms with Gasteiger partial charge in [-0.05, 0) is 0 Å². The van der Waals surface area contributed by atoms with Crippen molar-refractivity contribution in [2.24, 2.45) is 0 Å². The van der Waals surface area contributed by atoms with Gasteiger partial charge in [0.15, 0.2) is 0 Å². The van der Waals surface area contributed by atoms with Crippen molar-refractivity contribution in [3.63, 3.8) is 0 Å². The second kappa shape index (κ2) is 11.0. The average molecular weight is 762 g/mol. The molecule has 0 atom stereocenters. The van der Waals surface area contributed by atoms with Crippen LogP contribution in [-0.4, -0.2) is 79.6 Å². The van der Waals surface area contributed by atoms with Crippen LogP contribution in [0.4, 0.5) is 114 Å². The molecule has 0 bridgehead atoms. The van der Waals surface area contributed by atoms with Crippen LogP contribution >= 0.6 is 0 Å². The molecule has 7 nitrogen and oxygen atoms in total. The normalized spacial score (nSPS) is 32.5. The second-order valence-corrected chi connectivity index (χ2v) is 7.38. The van der Waals surface area contributed by atoms with E-state index in [9.17, 15) is 114 Å². The number of ether oxygens (including phenoxy) is 7. The first kappa shape index (κ1) is 41.9. The summed E-state index contributed by atoms with van der Waals surface area (Å²) in [5.74, 6) is 0. The monoisotopic (exact) mass is 762 g/mol. The molecule has 1 fully saturated rings. The maximum Gasteiger partial charge on any atom is 0.495 e. The lowest BCUT2D eigenvalue weighted by Gasteiger charge is -2.38. The summed E-state index contributed by atoms with van der Waals surface area (Å²) in [6.45, 7) is 0. The molecule has 46 heavy (non-hydrogen) atoms. The Morgan fingerprint density at radius 3 is 0.348 bits per heavy atom. The zero-order chi connectivity index (χ0) is 37.4. The maximum absolute atomic E-state index is 13.3. The average Bonchev–Trinajstić information content (AvgIpc) is 2.66. The van der Waals surface area contributed by atoms with E-state index in [2.05, 4.69) is 0 Å². The summed E-state index contributed by atoms with van der Waals surface area (Å²) < 4.78 is 354. The zero-order valence-corrected chi connectivity index (χ0v) is 19.2. The van der Waals surface area contributed by atoms with Gasteiger partial charge in [-0.1, -0.05) is 0 Å². The smallest absolute Gasteiger partial charge is 0.241 e. The van der Waals surface area contributed by atoms with Crippen LogP contribution in [-0.2, 0) is 33.2 Å². The molecule has 0 aromatic heterocycles. The molecule has 1 rings (SSSR count). The number of alkyl halides is 26. The summed E-state index contributed by atoms with van der Waals surface area (Å²) in [6.07, 6.45) is -105. The Morgan fingerprint density at radius 1 is 0.152 bits per heavy atom. The van der Waals surface area contributed by atoms with Crippen molar-refractivity contribution in [2.45, 2.75) is 79.6 Å². The van der Waals surface area contributed by atoms with Gasteiger partial charge in [0.25, 0.3) is 0 Å². The molecule has 0 aromatic rings. The lowest BCUT2D eigenvalue weighted by atomic mass is 10.4. The highest BCUT2D eigenvalue weighted by Crippen LogP contribution is 2.55. The molecule has 1 heterocycles. The molecular weight excluding hydrogens is 762 g/mol. The standard InChI is InChI=1S/C13F26O7/c14-1(15)3(18,19)41-5(22,23)7(26,27)43-9(30,31)11(34,35)45-13(38,39)46-12(36,37)10(32,33)44-8(28,29)6(24,25)42-4(20,21)2(16,17)40-1. The van der Waals surface area contributed by atoms with Gasteiger partial charge < -0.3 is 0 Å². The van der Waals surface area contributed by atoms with Crippen LogP contribution in [0.5, 0.6) is 0 Å². The third-order valence-corrected chi connectivity index (χ3v) is 3.81. The predicted octanol–water partition coefficient (Wildman–Crippen LogP) is 7.78. The summed E-state index contributed by atoms with van der Waals surface area (Å²) in [5.41, 5.74) is 0. The molecule has 276 valence electrons. The van der Waals surface area contributed by atoms with Gasteiger partial charge in [0, 0.05) is 0 Å². The van der Waals surface area contributed by atoms with E-state index < -0.39 is 79.6 Å². The fourth-order valence-electron chi connectivity index (χ4n) is 1.84. The van der Waals surface area contributed by atoms with Gasteiger partial charge in [0.05, 0.1) is 0 Å².